The Morgan fingerprint density at radius 1 is 0.913 bits per heavy atom. The van der Waals surface area contributed by atoms with Crippen molar-refractivity contribution >= 4 is 47.0 Å². The van der Waals surface area contributed by atoms with Crippen LogP contribution in [0, 0.1) is 5.82 Å². The Kier molecular flexibility index (Phi) is 10.2. The second kappa shape index (κ2) is 11.0. The summed E-state index contributed by atoms with van der Waals surface area (Å²) in [6.45, 7) is 1.70. The number of rotatable bonds is 4. The summed E-state index contributed by atoms with van der Waals surface area (Å²) in [5.41, 5.74) is 1.52. The van der Waals surface area contributed by atoms with Gasteiger partial charge in [0.25, 0.3) is 0 Å². The van der Waals surface area contributed by atoms with Crippen molar-refractivity contribution in [2.75, 3.05) is 14.1 Å². The van der Waals surface area contributed by atoms with Crippen LogP contribution in [0.4, 0.5) is 4.39 Å². The maximum Gasteiger partial charge on any atom is 2.00 e. The first-order valence-corrected chi connectivity index (χ1v) is 7.03. The maximum absolute atomic E-state index is 13.1. The van der Waals surface area contributed by atoms with Crippen LogP contribution in [0.25, 0.3) is 0 Å². The first-order valence-electron chi connectivity index (χ1n) is 6.21. The fourth-order valence-electron chi connectivity index (χ4n) is 1.31. The predicted molar refractivity (Wildman–Crippen MR) is 93.8 cm³/mol. The van der Waals surface area contributed by atoms with E-state index in [4.69, 9.17) is 25.3 Å². The molecular formula is C13H15CuFN6S2. The van der Waals surface area contributed by atoms with Crippen molar-refractivity contribution in [3.8, 4) is 0 Å². The molecule has 0 aliphatic heterocycles. The number of benzene rings is 1. The van der Waals surface area contributed by atoms with E-state index in [2.05, 4.69) is 31.0 Å². The van der Waals surface area contributed by atoms with Gasteiger partial charge in [0.05, 0.1) is 5.71 Å². The molecule has 0 bridgehead atoms. The Morgan fingerprint density at radius 2 is 1.39 bits per heavy atom. The molecule has 127 valence electrons. The van der Waals surface area contributed by atoms with E-state index in [9.17, 15) is 4.39 Å². The van der Waals surface area contributed by atoms with Crippen molar-refractivity contribution in [1.82, 2.24) is 10.6 Å². The quantitative estimate of drug-likeness (QED) is 0.261. The van der Waals surface area contributed by atoms with Crippen LogP contribution in [-0.4, -0.2) is 35.9 Å². The average molecular weight is 402 g/mol. The molecule has 0 saturated heterocycles. The number of nitrogens with one attached hydrogen (secondary N) is 2. The largest absolute Gasteiger partial charge is 2.00 e. The molecule has 0 amide bonds. The van der Waals surface area contributed by atoms with Crippen LogP contribution in [0.5, 0.6) is 0 Å². The van der Waals surface area contributed by atoms with Gasteiger partial charge in [0, 0.05) is 19.7 Å². The normalized spacial score (nSPS) is 13.4. The van der Waals surface area contributed by atoms with Gasteiger partial charge in [-0.3, -0.25) is 0 Å². The van der Waals surface area contributed by atoms with Crippen molar-refractivity contribution in [3.05, 3.63) is 35.6 Å². The van der Waals surface area contributed by atoms with E-state index in [1.54, 1.807) is 33.2 Å². The molecule has 23 heavy (non-hydrogen) atoms. The summed E-state index contributed by atoms with van der Waals surface area (Å²) in [5.74, 6) is -0.346. The number of halogens is 1. The van der Waals surface area contributed by atoms with E-state index < -0.39 is 0 Å². The van der Waals surface area contributed by atoms with Crippen LogP contribution in [0.15, 0.2) is 44.7 Å². The molecular weight excluding hydrogens is 387 g/mol. The Bertz CT molecular complexity index is 628. The summed E-state index contributed by atoms with van der Waals surface area (Å²) in [6.07, 6.45) is 0. The van der Waals surface area contributed by atoms with Gasteiger partial charge >= 0.3 is 17.1 Å². The molecule has 0 spiro atoms. The van der Waals surface area contributed by atoms with E-state index in [1.807, 2.05) is 0 Å². The Labute approximate surface area is 156 Å². The molecule has 2 N–H and O–H groups in total. The molecule has 1 rings (SSSR count). The third kappa shape index (κ3) is 7.47. The van der Waals surface area contributed by atoms with Crippen molar-refractivity contribution in [3.63, 3.8) is 0 Å². The molecule has 0 heterocycles. The average Bonchev–Trinajstić information content (AvgIpc) is 2.53. The van der Waals surface area contributed by atoms with Gasteiger partial charge in [0.2, 0.25) is 0 Å². The summed E-state index contributed by atoms with van der Waals surface area (Å²) in [5, 5.41) is 21.5. The van der Waals surface area contributed by atoms with Crippen molar-refractivity contribution in [2.45, 2.75) is 6.92 Å². The van der Waals surface area contributed by atoms with E-state index in [0.717, 1.165) is 0 Å². The molecule has 0 aromatic heterocycles. The van der Waals surface area contributed by atoms with Gasteiger partial charge in [-0.2, -0.15) is 15.3 Å². The third-order valence-electron chi connectivity index (χ3n) is 2.42. The SMILES string of the molecule is CN/C([S-])=N/N=C(C)/C(=N/N=C(\[S-])NC)c1ccc(F)cc1.[Cu+2]. The zero-order chi connectivity index (χ0) is 16.5. The first-order chi connectivity index (χ1) is 10.5. The zero-order valence-electron chi connectivity index (χ0n) is 12.6. The van der Waals surface area contributed by atoms with Crippen LogP contribution in [0.1, 0.15) is 12.5 Å². The second-order valence-corrected chi connectivity index (χ2v) is 4.72. The van der Waals surface area contributed by atoms with Crippen LogP contribution in [0.2, 0.25) is 0 Å². The van der Waals surface area contributed by atoms with Crippen molar-refractivity contribution in [1.29, 1.82) is 0 Å². The van der Waals surface area contributed by atoms with Crippen molar-refractivity contribution in [2.24, 2.45) is 20.4 Å². The monoisotopic (exact) mass is 401 g/mol. The van der Waals surface area contributed by atoms with Gasteiger partial charge in [-0.15, -0.1) is 5.10 Å². The molecule has 0 aliphatic carbocycles. The van der Waals surface area contributed by atoms with Crippen molar-refractivity contribution < 1.29 is 21.5 Å². The fraction of sp³-hybridized carbons (Fsp3) is 0.231. The van der Waals surface area contributed by atoms with Crippen LogP contribution in [-0.2, 0) is 42.3 Å². The number of hydrogen-bond donors (Lipinski definition) is 2. The van der Waals surface area contributed by atoms with E-state index >= 15 is 0 Å². The van der Waals surface area contributed by atoms with E-state index in [0.29, 0.717) is 17.0 Å². The molecule has 1 aromatic carbocycles. The summed E-state index contributed by atoms with van der Waals surface area (Å²) >= 11 is 9.81. The van der Waals surface area contributed by atoms with E-state index in [1.165, 1.54) is 12.1 Å². The fourth-order valence-corrected chi connectivity index (χ4v) is 1.39. The Hall–Kier alpha value is -1.61. The van der Waals surface area contributed by atoms with Gasteiger partial charge in [-0.25, -0.2) is 4.39 Å². The minimum atomic E-state index is -0.346. The Balaban J connectivity index is 0.00000484. The first kappa shape index (κ1) is 21.4. The minimum Gasteiger partial charge on any atom is -0.741 e. The zero-order valence-corrected chi connectivity index (χ0v) is 15.2. The minimum absolute atomic E-state index is 0. The molecule has 0 saturated carbocycles. The second-order valence-electron chi connectivity index (χ2n) is 3.95. The number of hydrogen-bond acceptors (Lipinski definition) is 6. The third-order valence-corrected chi connectivity index (χ3v) is 2.99. The van der Waals surface area contributed by atoms with Gasteiger partial charge < -0.3 is 35.9 Å². The maximum atomic E-state index is 13.1. The van der Waals surface area contributed by atoms with Gasteiger partial charge in [-0.05, 0) is 41.5 Å². The van der Waals surface area contributed by atoms with Crippen LogP contribution in [0.3, 0.4) is 0 Å². The molecule has 6 nitrogen and oxygen atoms in total. The smallest absolute Gasteiger partial charge is 0.741 e. The standard InChI is InChI=1S/C13H17FN6S2.Cu/c1-8(17-19-12(21)15-2)11(18-20-13(22)16-3)9-4-6-10(14)7-5-9;/h4-7H,1-3H3,(H2,15,19,21)(H2,16,20,22);/q;+2/p-2/b17-8+,18-11-;. The van der Waals surface area contributed by atoms with Crippen LogP contribution < -0.4 is 10.6 Å². The Morgan fingerprint density at radius 3 is 1.87 bits per heavy atom. The molecule has 1 aromatic rings. The number of nitrogens with zero attached hydrogens (tertiary/aromatic N) is 4. The predicted octanol–water partition coefficient (Wildman–Crippen LogP) is 1.15. The van der Waals surface area contributed by atoms with Gasteiger partial charge in [-0.1, -0.05) is 0 Å². The summed E-state index contributed by atoms with van der Waals surface area (Å²) in [6, 6.07) is 5.79. The van der Waals surface area contributed by atoms with Crippen LogP contribution >= 0.6 is 0 Å². The molecule has 0 atom stereocenters. The summed E-state index contributed by atoms with van der Waals surface area (Å²) in [4.78, 5) is 0. The molecule has 10 heteroatoms. The summed E-state index contributed by atoms with van der Waals surface area (Å²) < 4.78 is 13.1. The molecule has 0 aliphatic rings. The topological polar surface area (TPSA) is 73.5 Å². The molecule has 1 radical (unpaired) electrons. The number of amidine groups is 2. The van der Waals surface area contributed by atoms with Gasteiger partial charge in [0.1, 0.15) is 11.5 Å². The summed E-state index contributed by atoms with van der Waals surface area (Å²) in [7, 11) is 3.28. The molecule has 0 fully saturated rings. The molecule has 0 unspecified atom stereocenters. The van der Waals surface area contributed by atoms with Gasteiger partial charge in [0.15, 0.2) is 0 Å². The van der Waals surface area contributed by atoms with E-state index in [-0.39, 0.29) is 33.2 Å².